The molecule has 1 aromatic rings. The van der Waals surface area contributed by atoms with Crippen molar-refractivity contribution in [3.63, 3.8) is 0 Å². The second kappa shape index (κ2) is 11.7. The van der Waals surface area contributed by atoms with Crippen LogP contribution in [0.1, 0.15) is 56.9 Å². The molecule has 0 spiro atoms. The molecule has 182 valence electrons. The third-order valence-corrected chi connectivity index (χ3v) is 6.74. The summed E-state index contributed by atoms with van der Waals surface area (Å²) in [6, 6.07) is 4.86. The van der Waals surface area contributed by atoms with E-state index in [9.17, 15) is 22.4 Å². The van der Waals surface area contributed by atoms with Crippen molar-refractivity contribution in [1.82, 2.24) is 10.2 Å². The van der Waals surface area contributed by atoms with Gasteiger partial charge in [0.25, 0.3) is 0 Å². The summed E-state index contributed by atoms with van der Waals surface area (Å²) in [5.74, 6) is 0.0184. The van der Waals surface area contributed by atoms with Crippen LogP contribution in [0.3, 0.4) is 0 Å². The van der Waals surface area contributed by atoms with Gasteiger partial charge in [0, 0.05) is 45.1 Å². The van der Waals surface area contributed by atoms with Crippen LogP contribution in [0.15, 0.2) is 18.2 Å². The average molecular weight is 469 g/mol. The normalized spacial score (nSPS) is 22.1. The van der Waals surface area contributed by atoms with Crippen LogP contribution in [0.2, 0.25) is 0 Å². The highest BCUT2D eigenvalue weighted by Gasteiger charge is 2.32. The van der Waals surface area contributed by atoms with Gasteiger partial charge in [0.1, 0.15) is 5.82 Å². The largest absolute Gasteiger partial charge is 0.416 e. The van der Waals surface area contributed by atoms with Crippen LogP contribution in [-0.4, -0.2) is 49.6 Å². The molecule has 1 aliphatic heterocycles. The Morgan fingerprint density at radius 2 is 1.82 bits per heavy atom. The van der Waals surface area contributed by atoms with Gasteiger partial charge in [-0.05, 0) is 69.2 Å². The number of hydrogen-bond donors (Lipinski definition) is 1. The molecule has 0 atom stereocenters. The van der Waals surface area contributed by atoms with Gasteiger partial charge in [-0.3, -0.25) is 9.69 Å². The highest BCUT2D eigenvalue weighted by Crippen LogP contribution is 2.33. The van der Waals surface area contributed by atoms with E-state index in [4.69, 9.17) is 5.26 Å². The number of halogens is 4. The van der Waals surface area contributed by atoms with Gasteiger partial charge in [0.15, 0.2) is 0 Å². The van der Waals surface area contributed by atoms with E-state index in [0.717, 1.165) is 56.8 Å². The summed E-state index contributed by atoms with van der Waals surface area (Å²) in [5, 5.41) is 11.6. The number of nitrogens with one attached hydrogen (secondary N) is 1. The number of nitrogens with zero attached hydrogens (tertiary/aromatic N) is 3. The number of unbranched alkanes of at least 4 members (excludes halogenated alkanes) is 1. The molecule has 1 saturated carbocycles. The number of alkyl halides is 3. The first-order chi connectivity index (χ1) is 15.8. The lowest BCUT2D eigenvalue weighted by Crippen LogP contribution is -2.47. The fourth-order valence-corrected chi connectivity index (χ4v) is 4.73. The first-order valence-corrected chi connectivity index (χ1v) is 11.8. The number of hydrogen-bond acceptors (Lipinski definition) is 4. The number of carbonyl (C=O) groups excluding carboxylic acids is 1. The Morgan fingerprint density at radius 1 is 1.12 bits per heavy atom. The van der Waals surface area contributed by atoms with Gasteiger partial charge >= 0.3 is 6.18 Å². The predicted molar refractivity (Wildman–Crippen MR) is 118 cm³/mol. The molecule has 9 heteroatoms. The van der Waals surface area contributed by atoms with Crippen LogP contribution in [0.5, 0.6) is 0 Å². The van der Waals surface area contributed by atoms with Crippen molar-refractivity contribution in [2.24, 2.45) is 5.92 Å². The summed E-state index contributed by atoms with van der Waals surface area (Å²) in [6.07, 6.45) is 2.06. The first-order valence-electron chi connectivity index (χ1n) is 11.8. The number of nitriles is 1. The maximum atomic E-state index is 14.2. The van der Waals surface area contributed by atoms with E-state index in [1.165, 1.54) is 0 Å². The van der Waals surface area contributed by atoms with Crippen molar-refractivity contribution in [3.8, 4) is 6.07 Å². The van der Waals surface area contributed by atoms with Crippen molar-refractivity contribution in [2.45, 2.75) is 63.6 Å². The monoisotopic (exact) mass is 468 g/mol. The predicted octanol–water partition coefficient (Wildman–Crippen LogP) is 4.73. The topological polar surface area (TPSA) is 59.4 Å². The summed E-state index contributed by atoms with van der Waals surface area (Å²) in [4.78, 5) is 15.9. The lowest BCUT2D eigenvalue weighted by Gasteiger charge is -2.37. The Kier molecular flexibility index (Phi) is 8.95. The second-order valence-electron chi connectivity index (χ2n) is 9.08. The third-order valence-electron chi connectivity index (χ3n) is 6.74. The molecule has 33 heavy (non-hydrogen) atoms. The fourth-order valence-electron chi connectivity index (χ4n) is 4.73. The van der Waals surface area contributed by atoms with Crippen LogP contribution in [0, 0.1) is 23.1 Å². The molecule has 0 radical (unpaired) electrons. The molecular weight excluding hydrogens is 436 g/mol. The number of piperazine rings is 1. The third kappa shape index (κ3) is 7.60. The highest BCUT2D eigenvalue weighted by molar-refractivity contribution is 5.76. The van der Waals surface area contributed by atoms with Crippen molar-refractivity contribution in [1.29, 1.82) is 5.26 Å². The minimum Gasteiger partial charge on any atom is -0.367 e. The number of benzene rings is 1. The molecule has 1 saturated heterocycles. The Bertz CT molecular complexity index is 823. The van der Waals surface area contributed by atoms with E-state index in [1.807, 2.05) is 6.07 Å². The molecule has 0 aromatic heterocycles. The minimum atomic E-state index is -4.48. The van der Waals surface area contributed by atoms with E-state index in [1.54, 1.807) is 4.90 Å². The van der Waals surface area contributed by atoms with Gasteiger partial charge in [0.2, 0.25) is 5.91 Å². The zero-order valence-electron chi connectivity index (χ0n) is 18.8. The summed E-state index contributed by atoms with van der Waals surface area (Å²) >= 11 is 0. The van der Waals surface area contributed by atoms with E-state index < -0.39 is 17.6 Å². The minimum absolute atomic E-state index is 0.0254. The first kappa shape index (κ1) is 25.3. The number of anilines is 1. The Hall–Kier alpha value is -2.34. The van der Waals surface area contributed by atoms with Gasteiger partial charge < -0.3 is 10.2 Å². The van der Waals surface area contributed by atoms with Crippen LogP contribution >= 0.6 is 0 Å². The molecule has 1 amide bonds. The number of carbonyl (C=O) groups is 1. The van der Waals surface area contributed by atoms with E-state index in [0.29, 0.717) is 51.4 Å². The second-order valence-corrected chi connectivity index (χ2v) is 9.08. The van der Waals surface area contributed by atoms with Crippen LogP contribution < -0.4 is 10.2 Å². The molecule has 2 aliphatic rings. The van der Waals surface area contributed by atoms with Gasteiger partial charge in [-0.2, -0.15) is 18.4 Å². The van der Waals surface area contributed by atoms with Crippen LogP contribution in [0.4, 0.5) is 23.2 Å². The summed E-state index contributed by atoms with van der Waals surface area (Å²) in [5.41, 5.74) is -0.798. The van der Waals surface area contributed by atoms with E-state index in [-0.39, 0.29) is 17.6 Å². The molecule has 5 nitrogen and oxygen atoms in total. The van der Waals surface area contributed by atoms with Crippen molar-refractivity contribution in [3.05, 3.63) is 29.6 Å². The molecule has 1 aromatic carbocycles. The maximum Gasteiger partial charge on any atom is 0.416 e. The number of rotatable bonds is 8. The Morgan fingerprint density at radius 3 is 2.45 bits per heavy atom. The maximum absolute atomic E-state index is 14.2. The van der Waals surface area contributed by atoms with Crippen LogP contribution in [0.25, 0.3) is 0 Å². The van der Waals surface area contributed by atoms with Crippen molar-refractivity contribution >= 4 is 11.6 Å². The quantitative estimate of drug-likeness (QED) is 0.443. The molecule has 0 bridgehead atoms. The molecule has 0 unspecified atom stereocenters. The van der Waals surface area contributed by atoms with Gasteiger partial charge in [-0.15, -0.1) is 0 Å². The lowest BCUT2D eigenvalue weighted by atomic mass is 9.84. The van der Waals surface area contributed by atoms with Gasteiger partial charge in [-0.1, -0.05) is 0 Å². The zero-order chi connectivity index (χ0) is 23.8. The summed E-state index contributed by atoms with van der Waals surface area (Å²) < 4.78 is 53.1. The van der Waals surface area contributed by atoms with Gasteiger partial charge in [0.05, 0.1) is 17.3 Å². The molecule has 3 rings (SSSR count). The van der Waals surface area contributed by atoms with Crippen LogP contribution in [-0.2, 0) is 11.0 Å². The molecule has 1 N–H and O–H groups in total. The molecule has 2 fully saturated rings. The molecule has 1 heterocycles. The zero-order valence-corrected chi connectivity index (χ0v) is 18.8. The Balaban J connectivity index is 1.36. The molecule has 1 aliphatic carbocycles. The Labute approximate surface area is 192 Å². The SMILES string of the molecule is N#CCCCC(=O)N[C@H]1CC[C@H](CCN2CCN(c3cc(C(F)(F)F)ccc3F)CC2)CC1. The molecular formula is C24H32F4N4O. The summed E-state index contributed by atoms with van der Waals surface area (Å²) in [6.45, 7) is 3.33. The van der Waals surface area contributed by atoms with E-state index >= 15 is 0 Å². The number of amides is 1. The average Bonchev–Trinajstić information content (AvgIpc) is 2.79. The fraction of sp³-hybridized carbons (Fsp3) is 0.667. The smallest absolute Gasteiger partial charge is 0.367 e. The van der Waals surface area contributed by atoms with Gasteiger partial charge in [-0.25, -0.2) is 4.39 Å². The lowest BCUT2D eigenvalue weighted by molar-refractivity contribution is -0.137. The van der Waals surface area contributed by atoms with Crippen molar-refractivity contribution in [2.75, 3.05) is 37.6 Å². The van der Waals surface area contributed by atoms with E-state index in [2.05, 4.69) is 10.2 Å². The summed E-state index contributed by atoms with van der Waals surface area (Å²) in [7, 11) is 0. The highest BCUT2D eigenvalue weighted by atomic mass is 19.4. The standard InChI is InChI=1S/C24H32F4N4O/c25-21-9-6-19(24(26,27)28)17-22(21)32-15-13-31(14-16-32)12-10-18-4-7-20(8-5-18)30-23(33)3-1-2-11-29/h6,9,17-18,20H,1-5,7-8,10,12-16H2,(H,30,33)/t18-,20-. The van der Waals surface area contributed by atoms with Crippen molar-refractivity contribution < 1.29 is 22.4 Å².